The Kier molecular flexibility index (Phi) is 9.61. The Morgan fingerprint density at radius 1 is 1.00 bits per heavy atom. The number of hydrogen-bond donors (Lipinski definition) is 4. The average Bonchev–Trinajstić information content (AvgIpc) is 2.91. The molecule has 0 aromatic heterocycles. The van der Waals surface area contributed by atoms with Crippen LogP contribution in [0.4, 0.5) is 16.2 Å². The summed E-state index contributed by atoms with van der Waals surface area (Å²) >= 11 is 0. The number of alkyl carbamates (subject to hydrolysis) is 1. The summed E-state index contributed by atoms with van der Waals surface area (Å²) in [7, 11) is 0. The molecule has 0 unspecified atom stereocenters. The molecule has 0 fully saturated rings. The second-order valence-electron chi connectivity index (χ2n) is 8.98. The molecule has 1 atom stereocenters. The van der Waals surface area contributed by atoms with Crippen LogP contribution in [0, 0.1) is 5.41 Å². The molecule has 9 heteroatoms. The Hall–Kier alpha value is -4.63. The lowest BCUT2D eigenvalue weighted by atomic mass is 9.82. The number of ether oxygens (including phenoxy) is 2. The van der Waals surface area contributed by atoms with Gasteiger partial charge in [-0.2, -0.15) is 0 Å². The minimum absolute atomic E-state index is 0.0904. The normalized spacial score (nSPS) is 12.0. The highest BCUT2D eigenvalue weighted by atomic mass is 16.6. The van der Waals surface area contributed by atoms with Crippen molar-refractivity contribution in [2.75, 3.05) is 24.3 Å². The Morgan fingerprint density at radius 2 is 1.71 bits per heavy atom. The Balaban J connectivity index is 1.83. The van der Waals surface area contributed by atoms with Crippen LogP contribution in [0.2, 0.25) is 0 Å². The second-order valence-corrected chi connectivity index (χ2v) is 8.98. The van der Waals surface area contributed by atoms with Gasteiger partial charge in [0.15, 0.2) is 0 Å². The van der Waals surface area contributed by atoms with Crippen LogP contribution in [0.5, 0.6) is 5.75 Å². The van der Waals surface area contributed by atoms with Gasteiger partial charge < -0.3 is 25.6 Å². The Morgan fingerprint density at radius 3 is 2.42 bits per heavy atom. The monoisotopic (exact) mass is 517 g/mol. The van der Waals surface area contributed by atoms with Crippen molar-refractivity contribution < 1.29 is 29.0 Å². The summed E-state index contributed by atoms with van der Waals surface area (Å²) in [4.78, 5) is 37.9. The van der Waals surface area contributed by atoms with E-state index in [9.17, 15) is 14.4 Å². The molecule has 0 aliphatic carbocycles. The zero-order valence-corrected chi connectivity index (χ0v) is 21.2. The quantitative estimate of drug-likeness (QED) is 0.230. The fourth-order valence-electron chi connectivity index (χ4n) is 3.63. The van der Waals surface area contributed by atoms with Crippen molar-refractivity contribution >= 4 is 29.3 Å². The predicted octanol–water partition coefficient (Wildman–Crippen LogP) is 4.47. The number of para-hydroxylation sites is 2. The fraction of sp³-hybridized carbons (Fsp3) is 0.207. The number of hydrogen-bond acceptors (Lipinski definition) is 7. The van der Waals surface area contributed by atoms with Crippen molar-refractivity contribution in [1.82, 2.24) is 5.32 Å². The van der Waals surface area contributed by atoms with Crippen molar-refractivity contribution in [3.8, 4) is 5.75 Å². The van der Waals surface area contributed by atoms with Crippen LogP contribution >= 0.6 is 0 Å². The van der Waals surface area contributed by atoms with E-state index in [4.69, 9.17) is 20.3 Å². The number of nitrogens with two attached hydrogens (primary N) is 1. The number of aliphatic hydroxyl groups is 1. The zero-order chi connectivity index (χ0) is 27.5. The SMILES string of the molecule is CC(C)(/C=C/C(=O)Nc1ccccc1N)[C@@H](OC(=O)NC(=O)c1ccccc1)c1cccc(OCCO)c1. The lowest BCUT2D eigenvalue weighted by Crippen LogP contribution is -2.35. The van der Waals surface area contributed by atoms with Gasteiger partial charge in [-0.25, -0.2) is 4.79 Å². The maximum atomic E-state index is 12.8. The molecule has 0 aliphatic heterocycles. The van der Waals surface area contributed by atoms with Gasteiger partial charge in [-0.1, -0.05) is 62.4 Å². The van der Waals surface area contributed by atoms with Gasteiger partial charge in [0.05, 0.1) is 18.0 Å². The Labute approximate surface area is 221 Å². The van der Waals surface area contributed by atoms with Crippen molar-refractivity contribution in [3.63, 3.8) is 0 Å². The third-order valence-electron chi connectivity index (χ3n) is 5.56. The molecule has 0 radical (unpaired) electrons. The van der Waals surface area contributed by atoms with E-state index in [1.807, 2.05) is 0 Å². The highest BCUT2D eigenvalue weighted by molar-refractivity contribution is 6.03. The van der Waals surface area contributed by atoms with E-state index in [-0.39, 0.29) is 13.2 Å². The molecule has 3 amide bonds. The smallest absolute Gasteiger partial charge is 0.414 e. The van der Waals surface area contributed by atoms with E-state index in [0.717, 1.165) is 0 Å². The summed E-state index contributed by atoms with van der Waals surface area (Å²) in [6.07, 6.45) is 1.07. The summed E-state index contributed by atoms with van der Waals surface area (Å²) in [5.41, 5.74) is 6.75. The number of benzene rings is 3. The molecule has 198 valence electrons. The highest BCUT2D eigenvalue weighted by Crippen LogP contribution is 2.39. The van der Waals surface area contributed by atoms with Gasteiger partial charge >= 0.3 is 6.09 Å². The van der Waals surface area contributed by atoms with Crippen molar-refractivity contribution in [3.05, 3.63) is 102 Å². The third-order valence-corrected chi connectivity index (χ3v) is 5.56. The molecule has 0 heterocycles. The van der Waals surface area contributed by atoms with Gasteiger partial charge in [0.25, 0.3) is 5.91 Å². The first kappa shape index (κ1) is 27.9. The van der Waals surface area contributed by atoms with Gasteiger partial charge in [0.2, 0.25) is 5.91 Å². The summed E-state index contributed by atoms with van der Waals surface area (Å²) < 4.78 is 11.3. The molecular weight excluding hydrogens is 486 g/mol. The minimum Gasteiger partial charge on any atom is -0.491 e. The topological polar surface area (TPSA) is 140 Å². The molecule has 0 aliphatic rings. The van der Waals surface area contributed by atoms with E-state index in [1.165, 1.54) is 6.08 Å². The van der Waals surface area contributed by atoms with Crippen LogP contribution in [0.3, 0.4) is 0 Å². The molecule has 38 heavy (non-hydrogen) atoms. The van der Waals surface area contributed by atoms with Crippen LogP contribution in [-0.2, 0) is 9.53 Å². The number of nitrogens with one attached hydrogen (secondary N) is 2. The molecule has 3 rings (SSSR count). The van der Waals surface area contributed by atoms with Crippen LogP contribution in [0.15, 0.2) is 91.0 Å². The predicted molar refractivity (Wildman–Crippen MR) is 145 cm³/mol. The molecule has 5 N–H and O–H groups in total. The van der Waals surface area contributed by atoms with Gasteiger partial charge in [-0.15, -0.1) is 0 Å². The van der Waals surface area contributed by atoms with Crippen LogP contribution < -0.4 is 21.1 Å². The first-order chi connectivity index (χ1) is 18.2. The lowest BCUT2D eigenvalue weighted by molar-refractivity contribution is -0.112. The standard InChI is InChI=1S/C29H31N3O6/c1-29(2,16-15-25(34)31-24-14-7-6-13-23(24)30)26(21-11-8-12-22(19-21)37-18-17-33)38-28(36)32-27(35)20-9-4-3-5-10-20/h3-16,19,26,33H,17-18,30H2,1-2H3,(H,31,34)(H,32,35,36)/b16-15+/t26-/m0/s1. The zero-order valence-electron chi connectivity index (χ0n) is 21.2. The first-order valence-corrected chi connectivity index (χ1v) is 11.9. The van der Waals surface area contributed by atoms with E-state index < -0.39 is 29.4 Å². The number of carbonyl (C=O) groups excluding carboxylic acids is 3. The number of carbonyl (C=O) groups is 3. The summed E-state index contributed by atoms with van der Waals surface area (Å²) in [6, 6.07) is 22.0. The van der Waals surface area contributed by atoms with Crippen molar-refractivity contribution in [1.29, 1.82) is 0 Å². The van der Waals surface area contributed by atoms with Crippen molar-refractivity contribution in [2.45, 2.75) is 20.0 Å². The fourth-order valence-corrected chi connectivity index (χ4v) is 3.63. The molecule has 3 aromatic carbocycles. The number of rotatable bonds is 10. The molecule has 3 aromatic rings. The molecule has 9 nitrogen and oxygen atoms in total. The minimum atomic E-state index is -0.950. The van der Waals surface area contributed by atoms with E-state index in [1.54, 1.807) is 98.8 Å². The van der Waals surface area contributed by atoms with E-state index >= 15 is 0 Å². The number of imide groups is 1. The molecule has 0 bridgehead atoms. The summed E-state index contributed by atoms with van der Waals surface area (Å²) in [5.74, 6) is -0.566. The second kappa shape index (κ2) is 13.1. The van der Waals surface area contributed by atoms with Crippen LogP contribution in [0.25, 0.3) is 0 Å². The number of aliphatic hydroxyl groups excluding tert-OH is 1. The maximum absolute atomic E-state index is 12.8. The van der Waals surface area contributed by atoms with Crippen molar-refractivity contribution in [2.24, 2.45) is 5.41 Å². The van der Waals surface area contributed by atoms with Crippen LogP contribution in [-0.4, -0.2) is 36.2 Å². The van der Waals surface area contributed by atoms with E-state index in [0.29, 0.717) is 28.3 Å². The Bertz CT molecular complexity index is 1290. The van der Waals surface area contributed by atoms with Gasteiger partial charge in [0.1, 0.15) is 18.5 Å². The summed E-state index contributed by atoms with van der Waals surface area (Å²) in [5, 5.41) is 14.0. The number of anilines is 2. The molecule has 0 saturated carbocycles. The van der Waals surface area contributed by atoms with E-state index in [2.05, 4.69) is 10.6 Å². The molecular formula is C29H31N3O6. The average molecular weight is 518 g/mol. The summed E-state index contributed by atoms with van der Waals surface area (Å²) in [6.45, 7) is 3.49. The van der Waals surface area contributed by atoms with Gasteiger partial charge in [-0.3, -0.25) is 14.9 Å². The highest BCUT2D eigenvalue weighted by Gasteiger charge is 2.33. The first-order valence-electron chi connectivity index (χ1n) is 11.9. The maximum Gasteiger partial charge on any atom is 0.414 e. The van der Waals surface area contributed by atoms with Gasteiger partial charge in [-0.05, 0) is 48.0 Å². The largest absolute Gasteiger partial charge is 0.491 e. The van der Waals surface area contributed by atoms with Gasteiger partial charge in [0, 0.05) is 11.0 Å². The third kappa shape index (κ3) is 7.94. The number of amides is 3. The molecule has 0 saturated heterocycles. The lowest BCUT2D eigenvalue weighted by Gasteiger charge is -2.31. The van der Waals surface area contributed by atoms with Crippen LogP contribution in [0.1, 0.15) is 35.9 Å². The molecule has 0 spiro atoms. The number of nitrogen functional groups attached to an aromatic ring is 1.